The van der Waals surface area contributed by atoms with E-state index in [1.54, 1.807) is 0 Å². The molecular weight excluding hydrogens is 192 g/mol. The second-order valence-corrected chi connectivity index (χ2v) is 4.33. The standard InChI is InChI=1S/C10H18N4O/c1-7(2)8-4-3-5-14(8)10-13-12-9(6-11)15-10/h7-8H,3-6,11H2,1-2H3. The molecule has 84 valence electrons. The lowest BCUT2D eigenvalue weighted by Crippen LogP contribution is -2.33. The Hall–Kier alpha value is -1.10. The van der Waals surface area contributed by atoms with Crippen molar-refractivity contribution < 1.29 is 4.42 Å². The third-order valence-corrected chi connectivity index (χ3v) is 2.95. The Kier molecular flexibility index (Phi) is 2.90. The van der Waals surface area contributed by atoms with Crippen LogP contribution < -0.4 is 10.6 Å². The summed E-state index contributed by atoms with van der Waals surface area (Å²) >= 11 is 0. The molecule has 15 heavy (non-hydrogen) atoms. The van der Waals surface area contributed by atoms with Crippen LogP contribution in [0, 0.1) is 5.92 Å². The molecule has 0 saturated carbocycles. The van der Waals surface area contributed by atoms with Crippen LogP contribution in [0.25, 0.3) is 0 Å². The van der Waals surface area contributed by atoms with Crippen LogP contribution in [0.2, 0.25) is 0 Å². The summed E-state index contributed by atoms with van der Waals surface area (Å²) in [6, 6.07) is 1.16. The number of nitrogens with zero attached hydrogens (tertiary/aromatic N) is 3. The zero-order valence-electron chi connectivity index (χ0n) is 9.31. The van der Waals surface area contributed by atoms with Crippen molar-refractivity contribution in [1.82, 2.24) is 10.2 Å². The molecule has 0 radical (unpaired) electrons. The highest BCUT2D eigenvalue weighted by Gasteiger charge is 2.30. The summed E-state index contributed by atoms with van der Waals surface area (Å²) in [5, 5.41) is 7.92. The molecule has 2 N–H and O–H groups in total. The highest BCUT2D eigenvalue weighted by molar-refractivity contribution is 5.29. The molecule has 0 aromatic carbocycles. The summed E-state index contributed by atoms with van der Waals surface area (Å²) in [7, 11) is 0. The van der Waals surface area contributed by atoms with E-state index in [-0.39, 0.29) is 0 Å². The smallest absolute Gasteiger partial charge is 0.318 e. The van der Waals surface area contributed by atoms with Gasteiger partial charge >= 0.3 is 6.01 Å². The minimum absolute atomic E-state index is 0.313. The fourth-order valence-electron chi connectivity index (χ4n) is 2.17. The number of nitrogens with two attached hydrogens (primary N) is 1. The maximum atomic E-state index is 5.48. The summed E-state index contributed by atoms with van der Waals surface area (Å²) in [4.78, 5) is 2.21. The number of hydrogen-bond acceptors (Lipinski definition) is 5. The van der Waals surface area contributed by atoms with E-state index in [2.05, 4.69) is 28.9 Å². The monoisotopic (exact) mass is 210 g/mol. The Labute approximate surface area is 89.6 Å². The molecule has 1 unspecified atom stereocenters. The van der Waals surface area contributed by atoms with E-state index in [0.717, 1.165) is 6.54 Å². The lowest BCUT2D eigenvalue weighted by Gasteiger charge is -2.25. The summed E-state index contributed by atoms with van der Waals surface area (Å²) in [5.41, 5.74) is 5.44. The van der Waals surface area contributed by atoms with Gasteiger partial charge in [-0.05, 0) is 18.8 Å². The van der Waals surface area contributed by atoms with Crippen molar-refractivity contribution in [3.63, 3.8) is 0 Å². The molecule has 5 nitrogen and oxygen atoms in total. The number of rotatable bonds is 3. The van der Waals surface area contributed by atoms with Crippen molar-refractivity contribution in [3.05, 3.63) is 5.89 Å². The third-order valence-electron chi connectivity index (χ3n) is 2.95. The minimum Gasteiger partial charge on any atom is -0.407 e. The Morgan fingerprint density at radius 2 is 2.33 bits per heavy atom. The zero-order valence-corrected chi connectivity index (χ0v) is 9.31. The van der Waals surface area contributed by atoms with Crippen LogP contribution in [-0.4, -0.2) is 22.8 Å². The van der Waals surface area contributed by atoms with Gasteiger partial charge < -0.3 is 15.1 Å². The summed E-state index contributed by atoms with van der Waals surface area (Å²) in [6.07, 6.45) is 2.40. The third kappa shape index (κ3) is 1.97. The van der Waals surface area contributed by atoms with Crippen molar-refractivity contribution in [3.8, 4) is 0 Å². The van der Waals surface area contributed by atoms with Crippen LogP contribution in [0.3, 0.4) is 0 Å². The summed E-state index contributed by atoms with van der Waals surface area (Å²) < 4.78 is 5.48. The SMILES string of the molecule is CC(C)C1CCCN1c1nnc(CN)o1. The molecule has 1 fully saturated rings. The van der Waals surface area contributed by atoms with Gasteiger partial charge in [0.05, 0.1) is 6.54 Å². The quantitative estimate of drug-likeness (QED) is 0.810. The highest BCUT2D eigenvalue weighted by Crippen LogP contribution is 2.28. The first kappa shape index (κ1) is 10.4. The van der Waals surface area contributed by atoms with Crippen molar-refractivity contribution in [2.45, 2.75) is 39.3 Å². The maximum Gasteiger partial charge on any atom is 0.318 e. The van der Waals surface area contributed by atoms with Gasteiger partial charge in [0.25, 0.3) is 0 Å². The zero-order chi connectivity index (χ0) is 10.8. The van der Waals surface area contributed by atoms with Crippen molar-refractivity contribution in [2.75, 3.05) is 11.4 Å². The molecule has 2 rings (SSSR count). The van der Waals surface area contributed by atoms with E-state index in [1.165, 1.54) is 12.8 Å². The molecule has 0 bridgehead atoms. The summed E-state index contributed by atoms with van der Waals surface area (Å²) in [5.74, 6) is 1.13. The molecule has 0 spiro atoms. The maximum absolute atomic E-state index is 5.48. The number of anilines is 1. The van der Waals surface area contributed by atoms with Crippen molar-refractivity contribution in [1.29, 1.82) is 0 Å². The molecule has 0 aliphatic carbocycles. The molecule has 1 aliphatic rings. The van der Waals surface area contributed by atoms with Crippen LogP contribution in [0.4, 0.5) is 6.01 Å². The van der Waals surface area contributed by atoms with Gasteiger partial charge in [-0.15, -0.1) is 5.10 Å². The van der Waals surface area contributed by atoms with Crippen LogP contribution in [0.1, 0.15) is 32.6 Å². The lowest BCUT2D eigenvalue weighted by atomic mass is 10.0. The van der Waals surface area contributed by atoms with Gasteiger partial charge in [0.1, 0.15) is 0 Å². The molecule has 1 atom stereocenters. The number of aromatic nitrogens is 2. The van der Waals surface area contributed by atoms with Crippen LogP contribution >= 0.6 is 0 Å². The molecule has 2 heterocycles. The van der Waals surface area contributed by atoms with Crippen LogP contribution in [0.15, 0.2) is 4.42 Å². The normalized spacial score (nSPS) is 21.6. The molecule has 1 saturated heterocycles. The van der Waals surface area contributed by atoms with E-state index in [0.29, 0.717) is 30.4 Å². The fraction of sp³-hybridized carbons (Fsp3) is 0.800. The van der Waals surface area contributed by atoms with Crippen LogP contribution in [0.5, 0.6) is 0 Å². The van der Waals surface area contributed by atoms with E-state index in [9.17, 15) is 0 Å². The fourth-order valence-corrected chi connectivity index (χ4v) is 2.17. The molecule has 1 aliphatic heterocycles. The van der Waals surface area contributed by atoms with Gasteiger partial charge in [0, 0.05) is 12.6 Å². The van der Waals surface area contributed by atoms with Gasteiger partial charge in [-0.1, -0.05) is 18.9 Å². The predicted octanol–water partition coefficient (Wildman–Crippen LogP) is 1.15. The minimum atomic E-state index is 0.313. The molecular formula is C10H18N4O. The Balaban J connectivity index is 2.15. The molecule has 5 heteroatoms. The summed E-state index contributed by atoms with van der Waals surface area (Å²) in [6.45, 7) is 5.77. The average Bonchev–Trinajstić information content (AvgIpc) is 2.85. The Morgan fingerprint density at radius 1 is 1.53 bits per heavy atom. The Morgan fingerprint density at radius 3 is 2.93 bits per heavy atom. The first-order chi connectivity index (χ1) is 7.22. The second-order valence-electron chi connectivity index (χ2n) is 4.33. The number of hydrogen-bond donors (Lipinski definition) is 1. The lowest BCUT2D eigenvalue weighted by molar-refractivity contribution is 0.438. The van der Waals surface area contributed by atoms with E-state index >= 15 is 0 Å². The van der Waals surface area contributed by atoms with Gasteiger partial charge in [-0.2, -0.15) is 0 Å². The Bertz CT molecular complexity index is 323. The topological polar surface area (TPSA) is 68.2 Å². The van der Waals surface area contributed by atoms with Gasteiger partial charge in [0.2, 0.25) is 5.89 Å². The molecule has 1 aromatic heterocycles. The highest BCUT2D eigenvalue weighted by atomic mass is 16.4. The van der Waals surface area contributed by atoms with Crippen molar-refractivity contribution >= 4 is 6.01 Å². The van der Waals surface area contributed by atoms with Crippen LogP contribution in [-0.2, 0) is 6.54 Å². The van der Waals surface area contributed by atoms with Gasteiger partial charge in [-0.3, -0.25) is 0 Å². The first-order valence-electron chi connectivity index (χ1n) is 5.51. The first-order valence-corrected chi connectivity index (χ1v) is 5.51. The average molecular weight is 210 g/mol. The largest absolute Gasteiger partial charge is 0.407 e. The second kappa shape index (κ2) is 4.18. The molecule has 0 amide bonds. The van der Waals surface area contributed by atoms with E-state index in [1.807, 2.05) is 0 Å². The van der Waals surface area contributed by atoms with Gasteiger partial charge in [-0.25, -0.2) is 0 Å². The molecule has 1 aromatic rings. The van der Waals surface area contributed by atoms with E-state index in [4.69, 9.17) is 10.2 Å². The predicted molar refractivity (Wildman–Crippen MR) is 57.4 cm³/mol. The van der Waals surface area contributed by atoms with Crippen molar-refractivity contribution in [2.24, 2.45) is 11.7 Å². The van der Waals surface area contributed by atoms with Gasteiger partial charge in [0.15, 0.2) is 0 Å². The van der Waals surface area contributed by atoms with E-state index < -0.39 is 0 Å².